The van der Waals surface area contributed by atoms with Crippen molar-refractivity contribution >= 4 is 22.7 Å². The standard InChI is InChI=1S/C20H20N2O4S/c21-14-3-1-2-4-16(14)23-7-8-24-17-11-13(5-6-15(17)22)20-19-18(12-27-20)25-9-10-26-19/h1-6,11-12H,7-10,21-22H2. The molecule has 0 bridgehead atoms. The van der Waals surface area contributed by atoms with Gasteiger partial charge in [-0.15, -0.1) is 11.3 Å². The number of thiophene rings is 1. The van der Waals surface area contributed by atoms with E-state index >= 15 is 0 Å². The van der Waals surface area contributed by atoms with E-state index in [1.165, 1.54) is 0 Å². The highest BCUT2D eigenvalue weighted by molar-refractivity contribution is 7.14. The molecule has 4 rings (SSSR count). The maximum absolute atomic E-state index is 6.06. The van der Waals surface area contributed by atoms with Crippen LogP contribution < -0.4 is 30.4 Å². The number of anilines is 2. The minimum atomic E-state index is 0.351. The molecule has 1 aliphatic rings. The number of hydrogen-bond acceptors (Lipinski definition) is 7. The normalized spacial score (nSPS) is 12.6. The van der Waals surface area contributed by atoms with Crippen molar-refractivity contribution in [1.29, 1.82) is 0 Å². The van der Waals surface area contributed by atoms with Crippen LogP contribution in [-0.4, -0.2) is 26.4 Å². The van der Waals surface area contributed by atoms with Gasteiger partial charge in [0.25, 0.3) is 0 Å². The number of nitrogens with two attached hydrogens (primary N) is 2. The van der Waals surface area contributed by atoms with Gasteiger partial charge >= 0.3 is 0 Å². The van der Waals surface area contributed by atoms with E-state index in [0.29, 0.717) is 49.3 Å². The molecule has 0 saturated carbocycles. The van der Waals surface area contributed by atoms with Crippen LogP contribution in [0.2, 0.25) is 0 Å². The lowest BCUT2D eigenvalue weighted by Crippen LogP contribution is -2.14. The molecule has 0 spiro atoms. The Morgan fingerprint density at radius 2 is 1.63 bits per heavy atom. The van der Waals surface area contributed by atoms with Crippen molar-refractivity contribution < 1.29 is 18.9 Å². The predicted molar refractivity (Wildman–Crippen MR) is 107 cm³/mol. The summed E-state index contributed by atoms with van der Waals surface area (Å²) < 4.78 is 22.8. The number of hydrogen-bond donors (Lipinski definition) is 2. The average molecular weight is 384 g/mol. The van der Waals surface area contributed by atoms with E-state index < -0.39 is 0 Å². The Morgan fingerprint density at radius 1 is 0.889 bits per heavy atom. The summed E-state index contributed by atoms with van der Waals surface area (Å²) in [6.07, 6.45) is 0. The van der Waals surface area contributed by atoms with Crippen molar-refractivity contribution in [2.75, 3.05) is 37.9 Å². The Labute approximate surface area is 161 Å². The van der Waals surface area contributed by atoms with Crippen LogP contribution in [0.5, 0.6) is 23.0 Å². The lowest BCUT2D eigenvalue weighted by atomic mass is 10.1. The van der Waals surface area contributed by atoms with Gasteiger partial charge in [-0.1, -0.05) is 18.2 Å². The van der Waals surface area contributed by atoms with Gasteiger partial charge in [-0.05, 0) is 29.8 Å². The zero-order chi connectivity index (χ0) is 18.6. The molecular weight excluding hydrogens is 364 g/mol. The van der Waals surface area contributed by atoms with Gasteiger partial charge in [-0.2, -0.15) is 0 Å². The van der Waals surface area contributed by atoms with Crippen molar-refractivity contribution in [2.24, 2.45) is 0 Å². The highest BCUT2D eigenvalue weighted by Gasteiger charge is 2.20. The van der Waals surface area contributed by atoms with Crippen molar-refractivity contribution in [2.45, 2.75) is 0 Å². The van der Waals surface area contributed by atoms with Gasteiger partial charge in [0.2, 0.25) is 0 Å². The third kappa shape index (κ3) is 3.73. The van der Waals surface area contributed by atoms with Crippen LogP contribution in [0, 0.1) is 0 Å². The van der Waals surface area contributed by atoms with Crippen LogP contribution in [0.15, 0.2) is 47.8 Å². The third-order valence-electron chi connectivity index (χ3n) is 4.09. The maximum atomic E-state index is 6.06. The lowest BCUT2D eigenvalue weighted by molar-refractivity contribution is 0.174. The SMILES string of the molecule is Nc1ccccc1OCCOc1cc(-c2scc3c2OCCO3)ccc1N. The molecule has 0 aliphatic carbocycles. The number of nitrogen functional groups attached to an aromatic ring is 2. The van der Waals surface area contributed by atoms with Crippen LogP contribution in [-0.2, 0) is 0 Å². The second-order valence-corrected chi connectivity index (χ2v) is 6.82. The van der Waals surface area contributed by atoms with Gasteiger partial charge in [0.1, 0.15) is 37.9 Å². The summed E-state index contributed by atoms with van der Waals surface area (Å²) >= 11 is 1.58. The second-order valence-electron chi connectivity index (χ2n) is 5.94. The Balaban J connectivity index is 1.44. The molecule has 27 heavy (non-hydrogen) atoms. The molecule has 1 aliphatic heterocycles. The molecule has 0 atom stereocenters. The van der Waals surface area contributed by atoms with E-state index in [-0.39, 0.29) is 0 Å². The fourth-order valence-electron chi connectivity index (χ4n) is 2.78. The van der Waals surface area contributed by atoms with Gasteiger partial charge in [0.05, 0.1) is 16.3 Å². The van der Waals surface area contributed by atoms with E-state index in [4.69, 9.17) is 30.4 Å². The molecule has 0 unspecified atom stereocenters. The Bertz CT molecular complexity index is 941. The minimum absolute atomic E-state index is 0.351. The van der Waals surface area contributed by atoms with Crippen LogP contribution in [0.3, 0.4) is 0 Å². The summed E-state index contributed by atoms with van der Waals surface area (Å²) in [6.45, 7) is 1.84. The van der Waals surface area contributed by atoms with Crippen LogP contribution in [0.4, 0.5) is 11.4 Å². The van der Waals surface area contributed by atoms with Gasteiger partial charge < -0.3 is 30.4 Å². The van der Waals surface area contributed by atoms with Gasteiger partial charge in [-0.25, -0.2) is 0 Å². The first-order valence-electron chi connectivity index (χ1n) is 8.59. The number of benzene rings is 2. The predicted octanol–water partition coefficient (Wildman–Crippen LogP) is 3.81. The fourth-order valence-corrected chi connectivity index (χ4v) is 3.71. The molecule has 7 heteroatoms. The van der Waals surface area contributed by atoms with Crippen LogP contribution >= 0.6 is 11.3 Å². The van der Waals surface area contributed by atoms with Crippen molar-refractivity contribution in [3.05, 3.63) is 47.8 Å². The lowest BCUT2D eigenvalue weighted by Gasteiger charge is -2.16. The summed E-state index contributed by atoms with van der Waals surface area (Å²) in [4.78, 5) is 1.00. The molecule has 6 nitrogen and oxygen atoms in total. The van der Waals surface area contributed by atoms with Gasteiger partial charge in [-0.3, -0.25) is 0 Å². The summed E-state index contributed by atoms with van der Waals surface area (Å²) in [7, 11) is 0. The van der Waals surface area contributed by atoms with E-state index in [0.717, 1.165) is 21.9 Å². The second kappa shape index (κ2) is 7.67. The summed E-state index contributed by atoms with van der Waals surface area (Å²) in [5.74, 6) is 2.82. The smallest absolute Gasteiger partial charge is 0.179 e. The number of ether oxygens (including phenoxy) is 4. The van der Waals surface area contributed by atoms with E-state index in [1.54, 1.807) is 17.4 Å². The topological polar surface area (TPSA) is 89.0 Å². The van der Waals surface area contributed by atoms with Crippen LogP contribution in [0.1, 0.15) is 0 Å². The molecule has 3 aromatic rings. The van der Waals surface area contributed by atoms with E-state index in [9.17, 15) is 0 Å². The Kier molecular flexibility index (Phi) is 4.93. The quantitative estimate of drug-likeness (QED) is 0.496. The first kappa shape index (κ1) is 17.4. The molecular formula is C20H20N2O4S. The summed E-state index contributed by atoms with van der Waals surface area (Å²) in [5, 5.41) is 1.96. The van der Waals surface area contributed by atoms with Crippen LogP contribution in [0.25, 0.3) is 10.4 Å². The zero-order valence-corrected chi connectivity index (χ0v) is 15.5. The number of fused-ring (bicyclic) bond motifs is 1. The summed E-state index contributed by atoms with van der Waals surface area (Å²) in [5.41, 5.74) is 14.1. The third-order valence-corrected chi connectivity index (χ3v) is 5.08. The van der Waals surface area contributed by atoms with E-state index in [1.807, 2.05) is 41.8 Å². The highest BCUT2D eigenvalue weighted by Crippen LogP contribution is 2.46. The fraction of sp³-hybridized carbons (Fsp3) is 0.200. The first-order chi connectivity index (χ1) is 13.2. The monoisotopic (exact) mass is 384 g/mol. The van der Waals surface area contributed by atoms with Gasteiger partial charge in [0, 0.05) is 5.38 Å². The van der Waals surface area contributed by atoms with Crippen molar-refractivity contribution in [1.82, 2.24) is 0 Å². The molecule has 0 saturated heterocycles. The highest BCUT2D eigenvalue weighted by atomic mass is 32.1. The molecule has 1 aromatic heterocycles. The van der Waals surface area contributed by atoms with Gasteiger partial charge in [0.15, 0.2) is 11.5 Å². The zero-order valence-electron chi connectivity index (χ0n) is 14.6. The molecule has 4 N–H and O–H groups in total. The number of para-hydroxylation sites is 2. The molecule has 0 amide bonds. The molecule has 0 radical (unpaired) electrons. The number of rotatable bonds is 6. The Hall–Kier alpha value is -3.06. The average Bonchev–Trinajstić information content (AvgIpc) is 3.12. The molecule has 0 fully saturated rings. The molecule has 2 aromatic carbocycles. The molecule has 140 valence electrons. The van der Waals surface area contributed by atoms with E-state index in [2.05, 4.69) is 0 Å². The maximum Gasteiger partial charge on any atom is 0.179 e. The minimum Gasteiger partial charge on any atom is -0.488 e. The van der Waals surface area contributed by atoms with Crippen molar-refractivity contribution in [3.8, 4) is 33.4 Å². The largest absolute Gasteiger partial charge is 0.488 e. The Morgan fingerprint density at radius 3 is 2.48 bits per heavy atom. The van der Waals surface area contributed by atoms with Crippen molar-refractivity contribution in [3.63, 3.8) is 0 Å². The summed E-state index contributed by atoms with van der Waals surface area (Å²) in [6, 6.07) is 13.1. The first-order valence-corrected chi connectivity index (χ1v) is 9.47. The molecule has 2 heterocycles.